The van der Waals surface area contributed by atoms with Crippen LogP contribution in [0.15, 0.2) is 0 Å². The van der Waals surface area contributed by atoms with E-state index in [1.165, 1.54) is 0 Å². The Bertz CT molecular complexity index is 137. The number of hydrogen-bond acceptors (Lipinski definition) is 2. The third-order valence-electron chi connectivity index (χ3n) is 2.08. The van der Waals surface area contributed by atoms with Gasteiger partial charge in [0.1, 0.15) is 0 Å². The zero-order chi connectivity index (χ0) is 6.27. The summed E-state index contributed by atoms with van der Waals surface area (Å²) >= 11 is 0. The van der Waals surface area contributed by atoms with E-state index in [4.69, 9.17) is 4.74 Å². The lowest BCUT2D eigenvalue weighted by atomic mass is 10.2. The topological polar surface area (TPSA) is 29.5 Å². The zero-order valence-corrected chi connectivity index (χ0v) is 5.12. The molecule has 0 aromatic heterocycles. The molecule has 2 rings (SSSR count). The Kier molecular flexibility index (Phi) is 0.990. The predicted octanol–water partition coefficient (Wildman–Crippen LogP) is -0.384. The van der Waals surface area contributed by atoms with Gasteiger partial charge in [-0.05, 0) is 6.42 Å². The highest BCUT2D eigenvalue weighted by Crippen LogP contribution is 2.25. The minimum absolute atomic E-state index is 0.347. The van der Waals surface area contributed by atoms with Crippen LogP contribution in [-0.4, -0.2) is 36.6 Å². The zero-order valence-electron chi connectivity index (χ0n) is 5.12. The van der Waals surface area contributed by atoms with E-state index < -0.39 is 0 Å². The van der Waals surface area contributed by atoms with E-state index in [1.807, 2.05) is 4.90 Å². The molecule has 0 N–H and O–H groups in total. The first-order chi connectivity index (χ1) is 4.40. The molecule has 2 aliphatic heterocycles. The van der Waals surface area contributed by atoms with E-state index in [2.05, 4.69) is 0 Å². The maximum Gasteiger partial charge on any atom is 0.210 e. The average molecular weight is 127 g/mol. The van der Waals surface area contributed by atoms with Gasteiger partial charge in [-0.1, -0.05) is 0 Å². The second-order valence-corrected chi connectivity index (χ2v) is 2.65. The first kappa shape index (κ1) is 5.23. The van der Waals surface area contributed by atoms with Crippen molar-refractivity contribution >= 4 is 6.41 Å². The molecule has 0 aliphatic carbocycles. The Morgan fingerprint density at radius 2 is 2.56 bits per heavy atom. The van der Waals surface area contributed by atoms with Crippen molar-refractivity contribution in [3.8, 4) is 0 Å². The van der Waals surface area contributed by atoms with Gasteiger partial charge in [0.05, 0.1) is 18.8 Å². The van der Waals surface area contributed by atoms with Crippen molar-refractivity contribution < 1.29 is 9.53 Å². The summed E-state index contributed by atoms with van der Waals surface area (Å²) in [5.41, 5.74) is 0. The van der Waals surface area contributed by atoms with Gasteiger partial charge in [-0.15, -0.1) is 0 Å². The van der Waals surface area contributed by atoms with Crippen LogP contribution in [0.3, 0.4) is 0 Å². The summed E-state index contributed by atoms with van der Waals surface area (Å²) in [7, 11) is 0. The Labute approximate surface area is 53.6 Å². The molecule has 1 amide bonds. The summed E-state index contributed by atoms with van der Waals surface area (Å²) in [6, 6.07) is 0.396. The van der Waals surface area contributed by atoms with Crippen molar-refractivity contribution in [1.29, 1.82) is 0 Å². The van der Waals surface area contributed by atoms with Gasteiger partial charge in [-0.2, -0.15) is 0 Å². The van der Waals surface area contributed by atoms with Crippen LogP contribution in [0.2, 0.25) is 0 Å². The average Bonchev–Trinajstić information content (AvgIpc) is 2.45. The quantitative estimate of drug-likeness (QED) is 0.449. The summed E-state index contributed by atoms with van der Waals surface area (Å²) in [4.78, 5) is 12.1. The number of carbonyl (C=O) groups excluding carboxylic acids is 1. The lowest BCUT2D eigenvalue weighted by Gasteiger charge is -2.21. The fraction of sp³-hybridized carbons (Fsp3) is 0.833. The molecular weight excluding hydrogens is 118 g/mol. The van der Waals surface area contributed by atoms with Gasteiger partial charge >= 0.3 is 0 Å². The van der Waals surface area contributed by atoms with Crippen LogP contribution < -0.4 is 0 Å². The first-order valence-corrected chi connectivity index (χ1v) is 3.23. The Morgan fingerprint density at radius 3 is 2.89 bits per heavy atom. The third kappa shape index (κ3) is 0.645. The number of fused-ring (bicyclic) bond motifs is 2. The number of nitrogens with zero attached hydrogens (tertiary/aromatic N) is 1. The van der Waals surface area contributed by atoms with E-state index >= 15 is 0 Å². The standard InChI is InChI=1S/C6H9NO2/c8-4-7-2-6-1-5(7)3-9-6/h4-6H,1-3H2/t5-,6?/m0/s1. The minimum atomic E-state index is 0.347. The number of amides is 1. The highest BCUT2D eigenvalue weighted by Gasteiger charge is 2.37. The predicted molar refractivity (Wildman–Crippen MR) is 30.9 cm³/mol. The molecule has 1 unspecified atom stereocenters. The normalized spacial score (nSPS) is 39.8. The minimum Gasteiger partial charge on any atom is -0.374 e. The maximum atomic E-state index is 10.3. The molecule has 0 saturated carbocycles. The molecule has 0 spiro atoms. The van der Waals surface area contributed by atoms with E-state index in [1.54, 1.807) is 0 Å². The van der Waals surface area contributed by atoms with E-state index in [0.717, 1.165) is 26.0 Å². The number of hydrogen-bond donors (Lipinski definition) is 0. The maximum absolute atomic E-state index is 10.3. The Hall–Kier alpha value is -0.570. The highest BCUT2D eigenvalue weighted by atomic mass is 16.5. The van der Waals surface area contributed by atoms with Crippen LogP contribution in [0.25, 0.3) is 0 Å². The van der Waals surface area contributed by atoms with Crippen LogP contribution in [0.4, 0.5) is 0 Å². The van der Waals surface area contributed by atoms with Crippen LogP contribution in [0.5, 0.6) is 0 Å². The molecule has 0 aromatic rings. The lowest BCUT2D eigenvalue weighted by molar-refractivity contribution is -0.122. The SMILES string of the molecule is O=CN1CC2C[C@H]1CO2. The Balaban J connectivity index is 2.09. The fourth-order valence-corrected chi connectivity index (χ4v) is 1.56. The van der Waals surface area contributed by atoms with Gasteiger partial charge in [0.15, 0.2) is 0 Å². The molecule has 3 heteroatoms. The third-order valence-corrected chi connectivity index (χ3v) is 2.08. The van der Waals surface area contributed by atoms with Crippen LogP contribution in [-0.2, 0) is 9.53 Å². The largest absolute Gasteiger partial charge is 0.374 e. The summed E-state index contributed by atoms with van der Waals surface area (Å²) in [6.45, 7) is 1.57. The fourth-order valence-electron chi connectivity index (χ4n) is 1.56. The number of likely N-dealkylation sites (tertiary alicyclic amines) is 1. The molecule has 2 fully saturated rings. The smallest absolute Gasteiger partial charge is 0.210 e. The van der Waals surface area contributed by atoms with Crippen molar-refractivity contribution in [1.82, 2.24) is 4.90 Å². The van der Waals surface area contributed by atoms with E-state index in [-0.39, 0.29) is 0 Å². The summed E-state index contributed by atoms with van der Waals surface area (Å²) in [5.74, 6) is 0. The van der Waals surface area contributed by atoms with Crippen LogP contribution in [0.1, 0.15) is 6.42 Å². The van der Waals surface area contributed by atoms with Gasteiger partial charge in [-0.25, -0.2) is 0 Å². The number of carbonyl (C=O) groups is 1. The highest BCUT2D eigenvalue weighted by molar-refractivity contribution is 5.49. The number of morpholine rings is 1. The molecule has 2 bridgehead atoms. The lowest BCUT2D eigenvalue weighted by Crippen LogP contribution is -2.35. The monoisotopic (exact) mass is 127 g/mol. The van der Waals surface area contributed by atoms with Gasteiger partial charge < -0.3 is 9.64 Å². The Morgan fingerprint density at radius 1 is 1.67 bits per heavy atom. The molecule has 0 aromatic carbocycles. The first-order valence-electron chi connectivity index (χ1n) is 3.23. The molecule has 2 heterocycles. The summed E-state index contributed by atoms with van der Waals surface area (Å²) in [6.07, 6.45) is 2.33. The molecular formula is C6H9NO2. The molecule has 50 valence electrons. The molecule has 2 saturated heterocycles. The molecule has 2 atom stereocenters. The molecule has 0 radical (unpaired) electrons. The van der Waals surface area contributed by atoms with Gasteiger partial charge in [0.2, 0.25) is 6.41 Å². The number of rotatable bonds is 1. The molecule has 2 aliphatic rings. The van der Waals surface area contributed by atoms with Gasteiger partial charge in [-0.3, -0.25) is 4.79 Å². The number of ether oxygens (including phenoxy) is 1. The summed E-state index contributed by atoms with van der Waals surface area (Å²) in [5, 5.41) is 0. The van der Waals surface area contributed by atoms with Crippen molar-refractivity contribution in [3.05, 3.63) is 0 Å². The van der Waals surface area contributed by atoms with Gasteiger partial charge in [0, 0.05) is 6.54 Å². The van der Waals surface area contributed by atoms with Crippen LogP contribution in [0, 0.1) is 0 Å². The van der Waals surface area contributed by atoms with E-state index in [9.17, 15) is 4.79 Å². The van der Waals surface area contributed by atoms with E-state index in [0.29, 0.717) is 12.1 Å². The van der Waals surface area contributed by atoms with Crippen LogP contribution >= 0.6 is 0 Å². The molecule has 9 heavy (non-hydrogen) atoms. The molecule has 3 nitrogen and oxygen atoms in total. The van der Waals surface area contributed by atoms with Gasteiger partial charge in [0.25, 0.3) is 0 Å². The summed E-state index contributed by atoms with van der Waals surface area (Å²) < 4.78 is 5.28. The van der Waals surface area contributed by atoms with Crippen molar-refractivity contribution in [2.45, 2.75) is 18.6 Å². The van der Waals surface area contributed by atoms with Crippen molar-refractivity contribution in [3.63, 3.8) is 0 Å². The van der Waals surface area contributed by atoms with Crippen molar-refractivity contribution in [2.24, 2.45) is 0 Å². The van der Waals surface area contributed by atoms with Crippen molar-refractivity contribution in [2.75, 3.05) is 13.2 Å². The second kappa shape index (κ2) is 1.70. The second-order valence-electron chi connectivity index (χ2n) is 2.65.